The highest BCUT2D eigenvalue weighted by Crippen LogP contribution is 2.35. The van der Waals surface area contributed by atoms with Crippen molar-refractivity contribution in [3.05, 3.63) is 22.2 Å². The summed E-state index contributed by atoms with van der Waals surface area (Å²) in [4.78, 5) is 10.1. The van der Waals surface area contributed by atoms with E-state index in [4.69, 9.17) is 37.8 Å². The van der Waals surface area contributed by atoms with Crippen molar-refractivity contribution in [2.45, 2.75) is 4.90 Å². The molecular formula is C12H15Cl2NO6S. The molecule has 0 heterocycles. The lowest BCUT2D eigenvalue weighted by atomic mass is 10.3. The highest BCUT2D eigenvalue weighted by molar-refractivity contribution is 7.89. The number of halogens is 2. The molecular weight excluding hydrogens is 357 g/mol. The predicted molar refractivity (Wildman–Crippen MR) is 81.3 cm³/mol. The standard InChI is InChI=1S/C12H15Cl2NO6S/c1-15(3-4-21-7-11(16)17)22(18,19)12-9(13)5-8(20-2)6-10(12)14/h5-6H,3-4,7H2,1-2H3,(H,16,17). The van der Waals surface area contributed by atoms with Gasteiger partial charge in [-0.1, -0.05) is 23.2 Å². The number of aliphatic carboxylic acids is 1. The van der Waals surface area contributed by atoms with Gasteiger partial charge in [0.2, 0.25) is 10.0 Å². The van der Waals surface area contributed by atoms with Crippen molar-refractivity contribution in [2.75, 3.05) is 33.9 Å². The van der Waals surface area contributed by atoms with Gasteiger partial charge < -0.3 is 14.6 Å². The summed E-state index contributed by atoms with van der Waals surface area (Å²) in [5, 5.41) is 8.30. The Labute approximate surface area is 138 Å². The van der Waals surface area contributed by atoms with Crippen LogP contribution in [0.4, 0.5) is 0 Å². The highest BCUT2D eigenvalue weighted by atomic mass is 35.5. The smallest absolute Gasteiger partial charge is 0.329 e. The third-order valence-electron chi connectivity index (χ3n) is 2.65. The fourth-order valence-corrected chi connectivity index (χ4v) is 3.82. The van der Waals surface area contributed by atoms with Crippen LogP contribution in [0.5, 0.6) is 5.75 Å². The average Bonchev–Trinajstić information content (AvgIpc) is 2.41. The first kappa shape index (κ1) is 19.0. The number of carboxylic acid groups (broad SMARTS) is 1. The van der Waals surface area contributed by atoms with Crippen LogP contribution in [0, 0.1) is 0 Å². The first-order chi connectivity index (χ1) is 10.2. The van der Waals surface area contributed by atoms with Gasteiger partial charge >= 0.3 is 5.97 Å². The largest absolute Gasteiger partial charge is 0.497 e. The van der Waals surface area contributed by atoms with Gasteiger partial charge in [0.15, 0.2) is 0 Å². The highest BCUT2D eigenvalue weighted by Gasteiger charge is 2.27. The third kappa shape index (κ3) is 4.72. The van der Waals surface area contributed by atoms with Gasteiger partial charge in [-0.3, -0.25) is 0 Å². The maximum absolute atomic E-state index is 12.4. The van der Waals surface area contributed by atoms with E-state index in [-0.39, 0.29) is 28.1 Å². The summed E-state index contributed by atoms with van der Waals surface area (Å²) in [6.45, 7) is -0.625. The molecule has 0 aliphatic carbocycles. The molecule has 1 rings (SSSR count). The Morgan fingerprint density at radius 2 is 1.86 bits per heavy atom. The molecule has 0 aliphatic rings. The number of carbonyl (C=O) groups is 1. The van der Waals surface area contributed by atoms with Crippen LogP contribution < -0.4 is 4.74 Å². The molecule has 0 spiro atoms. The molecule has 10 heteroatoms. The van der Waals surface area contributed by atoms with Crippen LogP contribution in [-0.2, 0) is 19.6 Å². The lowest BCUT2D eigenvalue weighted by Crippen LogP contribution is -2.31. The Morgan fingerprint density at radius 1 is 1.32 bits per heavy atom. The average molecular weight is 372 g/mol. The lowest BCUT2D eigenvalue weighted by Gasteiger charge is -2.19. The number of methoxy groups -OCH3 is 1. The zero-order valence-electron chi connectivity index (χ0n) is 11.9. The fourth-order valence-electron chi connectivity index (χ4n) is 1.53. The second-order valence-electron chi connectivity index (χ2n) is 4.19. The van der Waals surface area contributed by atoms with Gasteiger partial charge in [-0.25, -0.2) is 13.2 Å². The molecule has 0 bridgehead atoms. The molecule has 0 saturated carbocycles. The summed E-state index contributed by atoms with van der Waals surface area (Å²) in [7, 11) is -1.22. The van der Waals surface area contributed by atoms with Crippen LogP contribution in [0.3, 0.4) is 0 Å². The minimum absolute atomic E-state index is 0.0473. The Balaban J connectivity index is 2.92. The van der Waals surface area contributed by atoms with Crippen molar-refractivity contribution in [3.8, 4) is 5.75 Å². The summed E-state index contributed by atoms with van der Waals surface area (Å²) in [5.74, 6) is -0.798. The number of rotatable bonds is 8. The van der Waals surface area contributed by atoms with Crippen LogP contribution in [-0.4, -0.2) is 57.7 Å². The molecule has 22 heavy (non-hydrogen) atoms. The van der Waals surface area contributed by atoms with E-state index in [1.165, 1.54) is 26.3 Å². The zero-order chi connectivity index (χ0) is 16.9. The molecule has 1 N–H and O–H groups in total. The summed E-state index contributed by atoms with van der Waals surface area (Å²) in [5.41, 5.74) is 0. The van der Waals surface area contributed by atoms with Gasteiger partial charge in [0, 0.05) is 25.7 Å². The van der Waals surface area contributed by atoms with Crippen LogP contribution in [0.2, 0.25) is 10.0 Å². The van der Waals surface area contributed by atoms with Gasteiger partial charge in [-0.15, -0.1) is 0 Å². The maximum atomic E-state index is 12.4. The molecule has 0 amide bonds. The Morgan fingerprint density at radius 3 is 2.32 bits per heavy atom. The van der Waals surface area contributed by atoms with Gasteiger partial charge in [0.1, 0.15) is 17.3 Å². The molecule has 0 atom stereocenters. The summed E-state index contributed by atoms with van der Waals surface area (Å²) in [6, 6.07) is 2.68. The van der Waals surface area contributed by atoms with Gasteiger partial charge in [-0.05, 0) is 0 Å². The Bertz CT molecular complexity index is 626. The van der Waals surface area contributed by atoms with E-state index in [1.807, 2.05) is 0 Å². The number of hydrogen-bond acceptors (Lipinski definition) is 5. The zero-order valence-corrected chi connectivity index (χ0v) is 14.2. The molecule has 0 aromatic heterocycles. The second-order valence-corrected chi connectivity index (χ2v) is 6.99. The van der Waals surface area contributed by atoms with E-state index in [1.54, 1.807) is 0 Å². The number of likely N-dealkylation sites (N-methyl/N-ethyl adjacent to an activating group) is 1. The van der Waals surface area contributed by atoms with Crippen molar-refractivity contribution in [3.63, 3.8) is 0 Å². The van der Waals surface area contributed by atoms with E-state index in [0.717, 1.165) is 4.31 Å². The molecule has 124 valence electrons. The second kappa shape index (κ2) is 7.98. The van der Waals surface area contributed by atoms with Gasteiger partial charge in [0.25, 0.3) is 0 Å². The topological polar surface area (TPSA) is 93.1 Å². The molecule has 7 nitrogen and oxygen atoms in total. The van der Waals surface area contributed by atoms with Crippen LogP contribution in [0.25, 0.3) is 0 Å². The molecule has 0 saturated heterocycles. The van der Waals surface area contributed by atoms with E-state index in [9.17, 15) is 13.2 Å². The molecule has 0 aliphatic heterocycles. The Hall–Kier alpha value is -1.06. The third-order valence-corrected chi connectivity index (χ3v) is 5.43. The SMILES string of the molecule is COc1cc(Cl)c(S(=O)(=O)N(C)CCOCC(=O)O)c(Cl)c1. The number of nitrogens with zero attached hydrogens (tertiary/aromatic N) is 1. The molecule has 0 radical (unpaired) electrons. The lowest BCUT2D eigenvalue weighted by molar-refractivity contribution is -0.142. The van der Waals surface area contributed by atoms with E-state index < -0.39 is 22.6 Å². The summed E-state index contributed by atoms with van der Waals surface area (Å²) >= 11 is 11.9. The van der Waals surface area contributed by atoms with Crippen molar-refractivity contribution in [1.29, 1.82) is 0 Å². The van der Waals surface area contributed by atoms with E-state index in [0.29, 0.717) is 5.75 Å². The van der Waals surface area contributed by atoms with Crippen LogP contribution in [0.15, 0.2) is 17.0 Å². The Kier molecular flexibility index (Phi) is 6.89. The number of carboxylic acids is 1. The first-order valence-corrected chi connectivity index (χ1v) is 8.18. The number of hydrogen-bond donors (Lipinski definition) is 1. The molecule has 0 unspecified atom stereocenters. The number of benzene rings is 1. The van der Waals surface area contributed by atoms with Crippen LogP contribution >= 0.6 is 23.2 Å². The van der Waals surface area contributed by atoms with E-state index in [2.05, 4.69) is 0 Å². The predicted octanol–water partition coefficient (Wildman–Crippen LogP) is 1.72. The minimum atomic E-state index is -3.94. The monoisotopic (exact) mass is 371 g/mol. The number of sulfonamides is 1. The maximum Gasteiger partial charge on any atom is 0.329 e. The molecule has 1 aromatic carbocycles. The first-order valence-electron chi connectivity index (χ1n) is 5.99. The minimum Gasteiger partial charge on any atom is -0.497 e. The van der Waals surface area contributed by atoms with Crippen molar-refractivity contribution in [1.82, 2.24) is 4.31 Å². The molecule has 1 aromatic rings. The van der Waals surface area contributed by atoms with E-state index >= 15 is 0 Å². The molecule has 0 fully saturated rings. The van der Waals surface area contributed by atoms with Crippen LogP contribution in [0.1, 0.15) is 0 Å². The normalized spacial score (nSPS) is 11.7. The van der Waals surface area contributed by atoms with Crippen molar-refractivity contribution in [2.24, 2.45) is 0 Å². The number of ether oxygens (including phenoxy) is 2. The summed E-state index contributed by atoms with van der Waals surface area (Å²) < 4.78 is 35.6. The van der Waals surface area contributed by atoms with Gasteiger partial charge in [-0.2, -0.15) is 4.31 Å². The quantitative estimate of drug-likeness (QED) is 0.699. The fraction of sp³-hybridized carbons (Fsp3) is 0.417. The summed E-state index contributed by atoms with van der Waals surface area (Å²) in [6.07, 6.45) is 0. The van der Waals surface area contributed by atoms with Gasteiger partial charge in [0.05, 0.1) is 23.8 Å². The van der Waals surface area contributed by atoms with Crippen molar-refractivity contribution < 1.29 is 27.8 Å². The van der Waals surface area contributed by atoms with Crippen molar-refractivity contribution >= 4 is 39.2 Å².